The molecule has 9 amide bonds. The number of nitrogens with two attached hydrogens (primary N) is 4. The maximum absolute atomic E-state index is 14.7. The van der Waals surface area contributed by atoms with Crippen LogP contribution in [0.5, 0.6) is 5.75 Å². The highest BCUT2D eigenvalue weighted by Gasteiger charge is 2.41. The molecule has 2 heterocycles. The summed E-state index contributed by atoms with van der Waals surface area (Å²) in [6, 6.07) is 7.01. The Morgan fingerprint density at radius 2 is 1.41 bits per heavy atom. The predicted octanol–water partition coefficient (Wildman–Crippen LogP) is 0.184. The lowest BCUT2D eigenvalue weighted by Gasteiger charge is -2.33. The third-order valence-electron chi connectivity index (χ3n) is 12.8. The Labute approximate surface area is 440 Å². The molecular weight excluding hydrogens is 993 g/mol. The van der Waals surface area contributed by atoms with E-state index in [0.29, 0.717) is 49.2 Å². The van der Waals surface area contributed by atoms with Gasteiger partial charge in [-0.05, 0) is 74.6 Å². The Balaban J connectivity index is 1.76. The van der Waals surface area contributed by atoms with Crippen LogP contribution in [0, 0.1) is 5.92 Å². The number of hydrogen-bond donors (Lipinski definition) is 10. The largest absolute Gasteiger partial charge is 0.494 e. The van der Waals surface area contributed by atoms with E-state index in [1.807, 2.05) is 20.8 Å². The summed E-state index contributed by atoms with van der Waals surface area (Å²) in [5, 5.41) is 16.5. The highest BCUT2D eigenvalue weighted by atomic mass is 33.1. The molecule has 2 fully saturated rings. The highest BCUT2D eigenvalue weighted by molar-refractivity contribution is 8.77. The molecule has 2 saturated heterocycles. The number of primary amides is 2. The summed E-state index contributed by atoms with van der Waals surface area (Å²) in [6.45, 7) is 9.69. The minimum atomic E-state index is -1.64. The van der Waals surface area contributed by atoms with Crippen molar-refractivity contribution in [2.45, 2.75) is 146 Å². The Hall–Kier alpha value is -6.56. The van der Waals surface area contributed by atoms with Gasteiger partial charge in [0, 0.05) is 42.9 Å². The fraction of sp³-hybridized carbons (Fsp3) is 0.560. The molecule has 24 heteroatoms. The van der Waals surface area contributed by atoms with Crippen molar-refractivity contribution < 1.29 is 47.9 Å². The first-order valence-corrected chi connectivity index (χ1v) is 27.3. The van der Waals surface area contributed by atoms with Crippen molar-refractivity contribution >= 4 is 80.7 Å². The zero-order valence-corrected chi connectivity index (χ0v) is 44.5. The lowest BCUT2D eigenvalue weighted by atomic mass is 9.96. The Morgan fingerprint density at radius 1 is 0.797 bits per heavy atom. The standard InChI is InChI=1S/C50H74N12O10S2/c1-6-50(7-2)27-40(64)56-34(25-31-18-20-32(21-19-31)72-8-3)43(66)58-35(24-30-14-10-9-11-15-30)45(68)61-41(29(4)5)47(70)59-36(26-39(51)63)44(67)60-37(28-73-74-50)48(71)62-23-13-17-38(62)46(69)57-33(42(52)65)16-12-22-55-49(53)54/h9-11,14-15,18-21,29,33-38,41H,6-8,12-13,16-17,22-28H2,1-5H3,(H2,51,63)(H2,52,65)(H,56,64)(H,57,69)(H,58,66)(H,59,70)(H,60,67)(H,61,68)(H4,53,54,55)/t33-,34+,35-,36-,37-,38+,41+/m1/s1. The maximum Gasteiger partial charge on any atom is 0.246 e. The summed E-state index contributed by atoms with van der Waals surface area (Å²) in [7, 11) is 2.51. The van der Waals surface area contributed by atoms with Gasteiger partial charge in [-0.1, -0.05) is 91.7 Å². The second kappa shape index (κ2) is 29.4. The van der Waals surface area contributed by atoms with E-state index in [2.05, 4.69) is 36.9 Å². The molecule has 406 valence electrons. The summed E-state index contributed by atoms with van der Waals surface area (Å²) in [4.78, 5) is 131. The van der Waals surface area contributed by atoms with Crippen molar-refractivity contribution in [3.63, 3.8) is 0 Å². The molecule has 2 aliphatic rings. The number of aliphatic imine (C=N–C) groups is 1. The Bertz CT molecular complexity index is 2300. The van der Waals surface area contributed by atoms with Crippen LogP contribution in [0.3, 0.4) is 0 Å². The normalized spacial score (nSPS) is 22.7. The molecule has 2 aromatic rings. The summed E-state index contributed by atoms with van der Waals surface area (Å²) in [5.41, 5.74) is 23.5. The molecule has 2 aliphatic heterocycles. The first-order chi connectivity index (χ1) is 35.2. The van der Waals surface area contributed by atoms with E-state index in [1.54, 1.807) is 68.4 Å². The summed E-state index contributed by atoms with van der Waals surface area (Å²) < 4.78 is 4.84. The lowest BCUT2D eigenvalue weighted by Crippen LogP contribution is -2.61. The van der Waals surface area contributed by atoms with Crippen LogP contribution in [0.2, 0.25) is 0 Å². The van der Waals surface area contributed by atoms with Crippen molar-refractivity contribution in [3.05, 3.63) is 65.7 Å². The van der Waals surface area contributed by atoms with Crippen LogP contribution < -0.4 is 59.6 Å². The number of nitrogens with one attached hydrogen (secondary N) is 6. The van der Waals surface area contributed by atoms with Crippen molar-refractivity contribution in [2.75, 3.05) is 25.4 Å². The molecule has 2 aromatic carbocycles. The predicted molar refractivity (Wildman–Crippen MR) is 284 cm³/mol. The van der Waals surface area contributed by atoms with E-state index >= 15 is 0 Å². The maximum atomic E-state index is 14.7. The molecule has 0 unspecified atom stereocenters. The van der Waals surface area contributed by atoms with Crippen LogP contribution in [0.1, 0.15) is 97.1 Å². The molecule has 4 rings (SSSR count). The van der Waals surface area contributed by atoms with Crippen LogP contribution in [0.4, 0.5) is 0 Å². The van der Waals surface area contributed by atoms with E-state index in [4.69, 9.17) is 27.7 Å². The van der Waals surface area contributed by atoms with Gasteiger partial charge < -0.3 is 64.5 Å². The molecule has 0 spiro atoms. The average Bonchev–Trinajstić information content (AvgIpc) is 3.86. The number of rotatable bonds is 19. The number of carbonyl (C=O) groups is 9. The van der Waals surface area contributed by atoms with E-state index in [0.717, 1.165) is 0 Å². The SMILES string of the molecule is CCOc1ccc(C[C@@H]2NC(=O)CC(CC)(CC)SSC[C@H](C(=O)N3CCC[C@H]3C(=O)N[C@H](CCCN=C(N)N)C(N)=O)NC(=O)[C@@H](CC(N)=O)NC(=O)[C@H](C(C)C)NC(=O)[C@@H](Cc3ccccc3)NC2=O)cc1. The smallest absolute Gasteiger partial charge is 0.246 e. The average molecular weight is 1070 g/mol. The molecule has 22 nitrogen and oxygen atoms in total. The van der Waals surface area contributed by atoms with Crippen molar-refractivity contribution in [3.8, 4) is 5.75 Å². The number of carbonyl (C=O) groups excluding carboxylic acids is 9. The van der Waals surface area contributed by atoms with Crippen molar-refractivity contribution in [2.24, 2.45) is 33.8 Å². The summed E-state index contributed by atoms with van der Waals surface area (Å²) >= 11 is 0. The van der Waals surface area contributed by atoms with Crippen molar-refractivity contribution in [1.82, 2.24) is 36.8 Å². The Morgan fingerprint density at radius 3 is 2.00 bits per heavy atom. The first-order valence-electron chi connectivity index (χ1n) is 25.0. The monoisotopic (exact) mass is 1070 g/mol. The van der Waals surface area contributed by atoms with Crippen LogP contribution >= 0.6 is 21.6 Å². The van der Waals surface area contributed by atoms with Gasteiger partial charge in [0.1, 0.15) is 48.0 Å². The minimum Gasteiger partial charge on any atom is -0.494 e. The van der Waals surface area contributed by atoms with Gasteiger partial charge in [-0.3, -0.25) is 48.1 Å². The second-order valence-electron chi connectivity index (χ2n) is 18.7. The number of amides is 9. The van der Waals surface area contributed by atoms with Gasteiger partial charge in [0.2, 0.25) is 53.2 Å². The van der Waals surface area contributed by atoms with E-state index < -0.39 is 113 Å². The Kier molecular flexibility index (Phi) is 23.8. The number of nitrogens with zero attached hydrogens (tertiary/aromatic N) is 2. The molecule has 14 N–H and O–H groups in total. The zero-order chi connectivity index (χ0) is 54.5. The number of benzene rings is 2. The lowest BCUT2D eigenvalue weighted by molar-refractivity contribution is -0.142. The molecule has 0 aromatic heterocycles. The second-order valence-corrected chi connectivity index (χ2v) is 21.5. The third-order valence-corrected chi connectivity index (χ3v) is 16.3. The quantitative estimate of drug-likeness (QED) is 0.0389. The third kappa shape index (κ3) is 18.4. The van der Waals surface area contributed by atoms with Crippen LogP contribution in [-0.2, 0) is 56.0 Å². The molecule has 0 saturated carbocycles. The number of likely N-dealkylation sites (tertiary alicyclic amines) is 1. The number of hydrogen-bond acceptors (Lipinski definition) is 13. The van der Waals surface area contributed by atoms with Gasteiger partial charge >= 0.3 is 0 Å². The zero-order valence-electron chi connectivity index (χ0n) is 42.8. The summed E-state index contributed by atoms with van der Waals surface area (Å²) in [5.74, 6) is -7.04. The van der Waals surface area contributed by atoms with Crippen LogP contribution in [0.15, 0.2) is 59.6 Å². The van der Waals surface area contributed by atoms with Crippen molar-refractivity contribution in [1.29, 1.82) is 0 Å². The van der Waals surface area contributed by atoms with E-state index in [9.17, 15) is 43.2 Å². The van der Waals surface area contributed by atoms with Gasteiger partial charge in [-0.2, -0.15) is 0 Å². The fourth-order valence-corrected chi connectivity index (χ4v) is 11.9. The highest BCUT2D eigenvalue weighted by Crippen LogP contribution is 2.44. The fourth-order valence-electron chi connectivity index (χ4n) is 8.55. The molecule has 0 radical (unpaired) electrons. The van der Waals surface area contributed by atoms with E-state index in [-0.39, 0.29) is 56.9 Å². The van der Waals surface area contributed by atoms with Gasteiger partial charge in [-0.15, -0.1) is 0 Å². The minimum absolute atomic E-state index is 0.00864. The van der Waals surface area contributed by atoms with Crippen LogP contribution in [0.25, 0.3) is 0 Å². The van der Waals surface area contributed by atoms with Gasteiger partial charge in [0.25, 0.3) is 0 Å². The van der Waals surface area contributed by atoms with Gasteiger partial charge in [-0.25, -0.2) is 0 Å². The number of ether oxygens (including phenoxy) is 1. The number of guanidine groups is 1. The summed E-state index contributed by atoms with van der Waals surface area (Å²) in [6.07, 6.45) is 1.21. The first kappa shape index (κ1) is 60.0. The molecule has 0 aliphatic carbocycles. The van der Waals surface area contributed by atoms with E-state index in [1.165, 1.54) is 26.5 Å². The topological polar surface area (TPSA) is 355 Å². The van der Waals surface area contributed by atoms with Gasteiger partial charge in [0.05, 0.1) is 13.0 Å². The molecule has 7 atom stereocenters. The molecular formula is C50H74N12O10S2. The van der Waals surface area contributed by atoms with Gasteiger partial charge in [0.15, 0.2) is 5.96 Å². The molecule has 0 bridgehead atoms. The molecule has 74 heavy (non-hydrogen) atoms. The van der Waals surface area contributed by atoms with Crippen LogP contribution in [-0.4, -0.2) is 137 Å².